The first-order valence-corrected chi connectivity index (χ1v) is 7.00. The predicted molar refractivity (Wildman–Crippen MR) is 75.3 cm³/mol. The Kier molecular flexibility index (Phi) is 3.65. The van der Waals surface area contributed by atoms with Gasteiger partial charge in [0, 0.05) is 12.5 Å². The van der Waals surface area contributed by atoms with Crippen LogP contribution in [0.4, 0.5) is 5.82 Å². The van der Waals surface area contributed by atoms with Crippen molar-refractivity contribution in [3.63, 3.8) is 0 Å². The highest BCUT2D eigenvalue weighted by Crippen LogP contribution is 2.43. The molecule has 1 saturated carbocycles. The van der Waals surface area contributed by atoms with Gasteiger partial charge in [0.2, 0.25) is 0 Å². The van der Waals surface area contributed by atoms with Gasteiger partial charge in [-0.3, -0.25) is 0 Å². The molecule has 1 heterocycles. The molecule has 18 heavy (non-hydrogen) atoms. The lowest BCUT2D eigenvalue weighted by atomic mass is 9.91. The van der Waals surface area contributed by atoms with E-state index in [1.807, 2.05) is 0 Å². The van der Waals surface area contributed by atoms with E-state index in [-0.39, 0.29) is 11.5 Å². The van der Waals surface area contributed by atoms with Gasteiger partial charge in [-0.05, 0) is 34.7 Å². The maximum atomic E-state index is 5.98. The third kappa shape index (κ3) is 2.67. The average Bonchev–Trinajstić information content (AvgIpc) is 3.06. The summed E-state index contributed by atoms with van der Waals surface area (Å²) in [5.74, 6) is 1.75. The van der Waals surface area contributed by atoms with Crippen LogP contribution in [0.1, 0.15) is 51.2 Å². The Morgan fingerprint density at radius 2 is 1.94 bits per heavy atom. The van der Waals surface area contributed by atoms with Gasteiger partial charge in [-0.1, -0.05) is 20.8 Å². The molecule has 5 heteroatoms. The minimum Gasteiger partial charge on any atom is -0.383 e. The average molecular weight is 314 g/mol. The molecule has 1 atom stereocenters. The van der Waals surface area contributed by atoms with Crippen LogP contribution in [0.15, 0.2) is 4.47 Å². The first-order chi connectivity index (χ1) is 8.34. The number of rotatable bonds is 3. The van der Waals surface area contributed by atoms with Gasteiger partial charge in [-0.15, -0.1) is 0 Å². The first-order valence-electron chi connectivity index (χ1n) is 6.20. The van der Waals surface area contributed by atoms with Crippen LogP contribution >= 0.6 is 15.9 Å². The molecule has 2 N–H and O–H groups in total. The second-order valence-corrected chi connectivity index (χ2v) is 6.67. The molecule has 1 aliphatic rings. The Bertz CT molecular complexity index is 452. The number of methoxy groups -OCH3 is 1. The Hall–Kier alpha value is -0.680. The van der Waals surface area contributed by atoms with Crippen molar-refractivity contribution in [2.75, 3.05) is 12.8 Å². The van der Waals surface area contributed by atoms with Crippen molar-refractivity contribution < 1.29 is 4.74 Å². The molecule has 0 aliphatic heterocycles. The summed E-state index contributed by atoms with van der Waals surface area (Å²) in [4.78, 5) is 9.05. The van der Waals surface area contributed by atoms with Gasteiger partial charge >= 0.3 is 0 Å². The molecule has 2 rings (SSSR count). The second-order valence-electron chi connectivity index (χ2n) is 5.87. The highest BCUT2D eigenvalue weighted by molar-refractivity contribution is 9.10. The molecular formula is C13H20BrN3O. The molecule has 1 fully saturated rings. The van der Waals surface area contributed by atoms with E-state index in [1.165, 1.54) is 12.8 Å². The summed E-state index contributed by atoms with van der Waals surface area (Å²) in [7, 11) is 1.71. The van der Waals surface area contributed by atoms with Crippen LogP contribution < -0.4 is 5.73 Å². The maximum Gasteiger partial charge on any atom is 0.160 e. The minimum atomic E-state index is -0.0769. The van der Waals surface area contributed by atoms with Crippen LogP contribution in [-0.4, -0.2) is 17.1 Å². The zero-order valence-corrected chi connectivity index (χ0v) is 12.9. The van der Waals surface area contributed by atoms with Crippen molar-refractivity contribution >= 4 is 21.7 Å². The standard InChI is InChI=1S/C13H20BrN3O/c1-13(2,3)10-8(14)11(15)17-12(16-10)9(18-4)7-5-6-7/h7,9H,5-6H2,1-4H3,(H2,15,16,17). The van der Waals surface area contributed by atoms with E-state index in [2.05, 4.69) is 46.7 Å². The minimum absolute atomic E-state index is 0.0264. The molecule has 1 aromatic rings. The van der Waals surface area contributed by atoms with Crippen molar-refractivity contribution in [3.05, 3.63) is 16.0 Å². The Morgan fingerprint density at radius 3 is 2.39 bits per heavy atom. The monoisotopic (exact) mass is 313 g/mol. The third-order valence-corrected chi connectivity index (χ3v) is 3.94. The van der Waals surface area contributed by atoms with Crippen molar-refractivity contribution in [1.82, 2.24) is 9.97 Å². The van der Waals surface area contributed by atoms with E-state index >= 15 is 0 Å². The van der Waals surface area contributed by atoms with Gasteiger partial charge in [0.05, 0.1) is 10.2 Å². The number of anilines is 1. The number of hydrogen-bond donors (Lipinski definition) is 1. The largest absolute Gasteiger partial charge is 0.383 e. The summed E-state index contributed by atoms with van der Waals surface area (Å²) in [6.07, 6.45) is 2.34. The smallest absolute Gasteiger partial charge is 0.160 e. The predicted octanol–water partition coefficient (Wildman–Crippen LogP) is 3.22. The number of ether oxygens (including phenoxy) is 1. The summed E-state index contributed by atoms with van der Waals surface area (Å²) >= 11 is 3.48. The highest BCUT2D eigenvalue weighted by Gasteiger charge is 2.35. The lowest BCUT2D eigenvalue weighted by Gasteiger charge is -2.22. The van der Waals surface area contributed by atoms with Gasteiger partial charge in [0.25, 0.3) is 0 Å². The maximum absolute atomic E-state index is 5.98. The SMILES string of the molecule is COC(c1nc(N)c(Br)c(C(C)(C)C)n1)C1CC1. The summed E-state index contributed by atoms with van der Waals surface area (Å²) < 4.78 is 6.32. The number of nitrogen functional groups attached to an aromatic ring is 1. The van der Waals surface area contributed by atoms with E-state index in [9.17, 15) is 0 Å². The number of hydrogen-bond acceptors (Lipinski definition) is 4. The first kappa shape index (κ1) is 13.7. The summed E-state index contributed by atoms with van der Waals surface area (Å²) in [5.41, 5.74) is 6.84. The molecule has 100 valence electrons. The lowest BCUT2D eigenvalue weighted by molar-refractivity contribution is 0.0769. The molecule has 1 aromatic heterocycles. The Balaban J connectivity index is 2.46. The van der Waals surface area contributed by atoms with Crippen molar-refractivity contribution in [3.8, 4) is 0 Å². The molecule has 4 nitrogen and oxygen atoms in total. The molecular weight excluding hydrogens is 294 g/mol. The topological polar surface area (TPSA) is 61.0 Å². The van der Waals surface area contributed by atoms with Crippen LogP contribution in [0.5, 0.6) is 0 Å². The van der Waals surface area contributed by atoms with Crippen molar-refractivity contribution in [1.29, 1.82) is 0 Å². The number of nitrogens with zero attached hydrogens (tertiary/aromatic N) is 2. The van der Waals surface area contributed by atoms with Crippen molar-refractivity contribution in [2.45, 2.75) is 45.1 Å². The molecule has 0 spiro atoms. The molecule has 0 radical (unpaired) electrons. The Morgan fingerprint density at radius 1 is 1.33 bits per heavy atom. The summed E-state index contributed by atoms with van der Waals surface area (Å²) in [5, 5.41) is 0. The lowest BCUT2D eigenvalue weighted by Crippen LogP contribution is -2.20. The van der Waals surface area contributed by atoms with Gasteiger partial charge in [-0.25, -0.2) is 9.97 Å². The fraction of sp³-hybridized carbons (Fsp3) is 0.692. The van der Waals surface area contributed by atoms with Gasteiger partial charge < -0.3 is 10.5 Å². The van der Waals surface area contributed by atoms with Crippen molar-refractivity contribution in [2.24, 2.45) is 5.92 Å². The molecule has 0 aromatic carbocycles. The molecule has 0 bridgehead atoms. The molecule has 1 aliphatic carbocycles. The van der Waals surface area contributed by atoms with Crippen LogP contribution in [0.25, 0.3) is 0 Å². The molecule has 1 unspecified atom stereocenters. The van der Waals surface area contributed by atoms with Gasteiger partial charge in [0.15, 0.2) is 5.82 Å². The number of nitrogens with two attached hydrogens (primary N) is 1. The van der Waals surface area contributed by atoms with E-state index < -0.39 is 0 Å². The summed E-state index contributed by atoms with van der Waals surface area (Å²) in [6.45, 7) is 6.34. The van der Waals surface area contributed by atoms with E-state index in [0.717, 1.165) is 10.2 Å². The fourth-order valence-electron chi connectivity index (χ4n) is 2.01. The van der Waals surface area contributed by atoms with Crippen LogP contribution in [-0.2, 0) is 10.2 Å². The molecule has 0 amide bonds. The summed E-state index contributed by atoms with van der Waals surface area (Å²) in [6, 6.07) is 0. The highest BCUT2D eigenvalue weighted by atomic mass is 79.9. The molecule has 0 saturated heterocycles. The third-order valence-electron chi connectivity index (χ3n) is 3.16. The van der Waals surface area contributed by atoms with Gasteiger partial charge in [0.1, 0.15) is 11.9 Å². The number of aromatic nitrogens is 2. The Labute approximate surface area is 116 Å². The zero-order chi connectivity index (χ0) is 13.5. The van der Waals surface area contributed by atoms with E-state index in [0.29, 0.717) is 17.6 Å². The number of halogens is 1. The van der Waals surface area contributed by atoms with Crippen LogP contribution in [0.3, 0.4) is 0 Å². The fourth-order valence-corrected chi connectivity index (χ4v) is 2.79. The van der Waals surface area contributed by atoms with E-state index in [4.69, 9.17) is 10.5 Å². The van der Waals surface area contributed by atoms with E-state index in [1.54, 1.807) is 7.11 Å². The van der Waals surface area contributed by atoms with Crippen LogP contribution in [0.2, 0.25) is 0 Å². The quantitative estimate of drug-likeness (QED) is 0.930. The zero-order valence-electron chi connectivity index (χ0n) is 11.3. The second kappa shape index (κ2) is 4.78. The normalized spacial score (nSPS) is 17.8. The van der Waals surface area contributed by atoms with Crippen LogP contribution in [0, 0.1) is 5.92 Å². The van der Waals surface area contributed by atoms with Gasteiger partial charge in [-0.2, -0.15) is 0 Å².